The highest BCUT2D eigenvalue weighted by Crippen LogP contribution is 2.19. The summed E-state index contributed by atoms with van der Waals surface area (Å²) in [5, 5.41) is 0. The third-order valence-electron chi connectivity index (χ3n) is 3.59. The van der Waals surface area contributed by atoms with Gasteiger partial charge in [-0.05, 0) is 37.1 Å². The van der Waals surface area contributed by atoms with Gasteiger partial charge in [-0.25, -0.2) is 0 Å². The zero-order valence-corrected chi connectivity index (χ0v) is 12.7. The predicted molar refractivity (Wildman–Crippen MR) is 85.6 cm³/mol. The summed E-state index contributed by atoms with van der Waals surface area (Å²) in [6, 6.07) is 12.1. The number of pyridine rings is 1. The molecule has 3 heteroatoms. The molecule has 0 aliphatic carbocycles. The molecule has 21 heavy (non-hydrogen) atoms. The Bertz CT molecular complexity index is 617. The van der Waals surface area contributed by atoms with Crippen LogP contribution in [-0.2, 0) is 4.79 Å². The third-order valence-corrected chi connectivity index (χ3v) is 3.59. The van der Waals surface area contributed by atoms with Crippen molar-refractivity contribution in [1.82, 2.24) is 9.88 Å². The molecule has 0 fully saturated rings. The van der Waals surface area contributed by atoms with E-state index in [9.17, 15) is 4.79 Å². The first-order valence-electron chi connectivity index (χ1n) is 6.99. The highest BCUT2D eigenvalue weighted by molar-refractivity contribution is 5.91. The average molecular weight is 280 g/mol. The summed E-state index contributed by atoms with van der Waals surface area (Å²) >= 11 is 0. The Morgan fingerprint density at radius 3 is 2.57 bits per heavy atom. The molecule has 0 aliphatic rings. The minimum Gasteiger partial charge on any atom is -0.335 e. The number of aryl methyl sites for hydroxylation is 1. The van der Waals surface area contributed by atoms with Crippen molar-refractivity contribution in [1.29, 1.82) is 0 Å². The Labute approximate surface area is 125 Å². The molecule has 0 saturated heterocycles. The van der Waals surface area contributed by atoms with Crippen molar-refractivity contribution in [2.75, 3.05) is 7.05 Å². The van der Waals surface area contributed by atoms with E-state index < -0.39 is 0 Å². The fourth-order valence-electron chi connectivity index (χ4n) is 2.02. The summed E-state index contributed by atoms with van der Waals surface area (Å²) in [6.45, 7) is 4.08. The summed E-state index contributed by atoms with van der Waals surface area (Å²) in [4.78, 5) is 18.0. The highest BCUT2D eigenvalue weighted by Gasteiger charge is 2.14. The normalized spacial score (nSPS) is 12.3. The molecule has 3 nitrogen and oxygen atoms in total. The number of hydrogen-bond donors (Lipinski definition) is 0. The molecule has 2 aromatic rings. The van der Waals surface area contributed by atoms with Gasteiger partial charge in [-0.1, -0.05) is 35.9 Å². The smallest absolute Gasteiger partial charge is 0.246 e. The van der Waals surface area contributed by atoms with Gasteiger partial charge < -0.3 is 4.90 Å². The van der Waals surface area contributed by atoms with Gasteiger partial charge >= 0.3 is 0 Å². The van der Waals surface area contributed by atoms with E-state index in [1.165, 1.54) is 5.56 Å². The average Bonchev–Trinajstić information content (AvgIpc) is 2.53. The number of benzene rings is 1. The molecule has 1 heterocycles. The van der Waals surface area contributed by atoms with E-state index in [0.717, 1.165) is 11.1 Å². The molecule has 0 saturated carbocycles. The van der Waals surface area contributed by atoms with Crippen molar-refractivity contribution in [2.45, 2.75) is 19.9 Å². The van der Waals surface area contributed by atoms with Crippen LogP contribution in [0.3, 0.4) is 0 Å². The van der Waals surface area contributed by atoms with Crippen LogP contribution in [0.5, 0.6) is 0 Å². The van der Waals surface area contributed by atoms with Crippen molar-refractivity contribution in [2.24, 2.45) is 0 Å². The maximum atomic E-state index is 12.2. The van der Waals surface area contributed by atoms with E-state index in [2.05, 4.69) is 36.2 Å². The van der Waals surface area contributed by atoms with E-state index >= 15 is 0 Å². The Balaban J connectivity index is 2.05. The van der Waals surface area contributed by atoms with Gasteiger partial charge in [-0.15, -0.1) is 0 Å². The van der Waals surface area contributed by atoms with Crippen molar-refractivity contribution >= 4 is 12.0 Å². The molecule has 1 unspecified atom stereocenters. The number of likely N-dealkylation sites (N-methyl/N-ethyl adjacent to an activating group) is 1. The van der Waals surface area contributed by atoms with Gasteiger partial charge in [0.05, 0.1) is 6.04 Å². The lowest BCUT2D eigenvalue weighted by atomic mass is 10.1. The van der Waals surface area contributed by atoms with Gasteiger partial charge in [-0.3, -0.25) is 9.78 Å². The van der Waals surface area contributed by atoms with Gasteiger partial charge in [-0.2, -0.15) is 0 Å². The fraction of sp³-hybridized carbons (Fsp3) is 0.222. The summed E-state index contributed by atoms with van der Waals surface area (Å²) in [7, 11) is 1.82. The van der Waals surface area contributed by atoms with Crippen molar-refractivity contribution in [3.8, 4) is 0 Å². The standard InChI is InChI=1S/C18H20N2O/c1-14-6-9-17(10-7-14)15(2)20(3)18(21)11-8-16-5-4-12-19-13-16/h4-13,15H,1-3H3/b11-8+. The number of rotatable bonds is 4. The summed E-state index contributed by atoms with van der Waals surface area (Å²) in [6.07, 6.45) is 6.81. The molecule has 1 aromatic carbocycles. The first kappa shape index (κ1) is 15.0. The highest BCUT2D eigenvalue weighted by atomic mass is 16.2. The summed E-state index contributed by atoms with van der Waals surface area (Å²) in [5.41, 5.74) is 3.27. The van der Waals surface area contributed by atoms with Gasteiger partial charge in [0, 0.05) is 25.5 Å². The van der Waals surface area contributed by atoms with Crippen molar-refractivity contribution < 1.29 is 4.79 Å². The molecular weight excluding hydrogens is 260 g/mol. The molecule has 2 rings (SSSR count). The van der Waals surface area contributed by atoms with E-state index in [1.54, 1.807) is 29.4 Å². The Morgan fingerprint density at radius 2 is 1.95 bits per heavy atom. The number of aromatic nitrogens is 1. The number of carbonyl (C=O) groups excluding carboxylic acids is 1. The molecule has 0 N–H and O–H groups in total. The summed E-state index contributed by atoms with van der Waals surface area (Å²) in [5.74, 6) is -0.0214. The predicted octanol–water partition coefficient (Wildman–Crippen LogP) is 3.62. The van der Waals surface area contributed by atoms with E-state index in [1.807, 2.05) is 26.1 Å². The minimum atomic E-state index is -0.0214. The summed E-state index contributed by atoms with van der Waals surface area (Å²) < 4.78 is 0. The second-order valence-corrected chi connectivity index (χ2v) is 5.16. The maximum Gasteiger partial charge on any atom is 0.246 e. The molecule has 1 aromatic heterocycles. The van der Waals surface area contributed by atoms with Gasteiger partial charge in [0.25, 0.3) is 0 Å². The Hall–Kier alpha value is -2.42. The van der Waals surface area contributed by atoms with Crippen LogP contribution in [0.1, 0.15) is 29.7 Å². The van der Waals surface area contributed by atoms with Gasteiger partial charge in [0.15, 0.2) is 0 Å². The van der Waals surface area contributed by atoms with Crippen LogP contribution in [0.2, 0.25) is 0 Å². The topological polar surface area (TPSA) is 33.2 Å². The monoisotopic (exact) mass is 280 g/mol. The third kappa shape index (κ3) is 4.02. The van der Waals surface area contributed by atoms with Gasteiger partial charge in [0.2, 0.25) is 5.91 Å². The zero-order chi connectivity index (χ0) is 15.2. The maximum absolute atomic E-state index is 12.2. The lowest BCUT2D eigenvalue weighted by Gasteiger charge is -2.24. The Morgan fingerprint density at radius 1 is 1.24 bits per heavy atom. The lowest BCUT2D eigenvalue weighted by molar-refractivity contribution is -0.126. The second-order valence-electron chi connectivity index (χ2n) is 5.16. The quantitative estimate of drug-likeness (QED) is 0.801. The molecule has 0 aliphatic heterocycles. The Kier molecular flexibility index (Phi) is 4.88. The van der Waals surface area contributed by atoms with Crippen LogP contribution in [-0.4, -0.2) is 22.8 Å². The molecule has 108 valence electrons. The fourth-order valence-corrected chi connectivity index (χ4v) is 2.02. The molecule has 1 amide bonds. The largest absolute Gasteiger partial charge is 0.335 e. The van der Waals surface area contributed by atoms with E-state index in [4.69, 9.17) is 0 Å². The lowest BCUT2D eigenvalue weighted by Crippen LogP contribution is -2.27. The van der Waals surface area contributed by atoms with Gasteiger partial charge in [0.1, 0.15) is 0 Å². The van der Waals surface area contributed by atoms with Crippen molar-refractivity contribution in [3.63, 3.8) is 0 Å². The van der Waals surface area contributed by atoms with E-state index in [-0.39, 0.29) is 11.9 Å². The number of amides is 1. The molecule has 0 radical (unpaired) electrons. The number of nitrogens with zero attached hydrogens (tertiary/aromatic N) is 2. The van der Waals surface area contributed by atoms with Crippen LogP contribution in [0.25, 0.3) is 6.08 Å². The number of hydrogen-bond acceptors (Lipinski definition) is 2. The van der Waals surface area contributed by atoms with Crippen LogP contribution in [0.15, 0.2) is 54.9 Å². The molecule has 0 bridgehead atoms. The first-order chi connectivity index (χ1) is 10.1. The zero-order valence-electron chi connectivity index (χ0n) is 12.7. The minimum absolute atomic E-state index is 0.0214. The van der Waals surface area contributed by atoms with Crippen LogP contribution in [0, 0.1) is 6.92 Å². The van der Waals surface area contributed by atoms with Crippen LogP contribution in [0.4, 0.5) is 0 Å². The van der Waals surface area contributed by atoms with Crippen molar-refractivity contribution in [3.05, 3.63) is 71.6 Å². The second kappa shape index (κ2) is 6.84. The first-order valence-corrected chi connectivity index (χ1v) is 6.99. The molecule has 0 spiro atoms. The SMILES string of the molecule is Cc1ccc(C(C)N(C)C(=O)/C=C/c2cccnc2)cc1. The molecular formula is C18H20N2O. The van der Waals surface area contributed by atoms with E-state index in [0.29, 0.717) is 0 Å². The van der Waals surface area contributed by atoms with Crippen LogP contribution >= 0.6 is 0 Å². The molecule has 1 atom stereocenters. The number of carbonyl (C=O) groups is 1. The van der Waals surface area contributed by atoms with Crippen LogP contribution < -0.4 is 0 Å².